The number of aryl methyl sites for hydroxylation is 1. The molecular formula is C30H36O7. The van der Waals surface area contributed by atoms with E-state index in [2.05, 4.69) is 0 Å². The molecule has 2 aromatic carbocycles. The minimum absolute atomic E-state index is 0.0656. The number of carbonyl (C=O) groups excluding carboxylic acids is 2. The van der Waals surface area contributed by atoms with Crippen molar-refractivity contribution in [2.45, 2.75) is 65.6 Å². The lowest BCUT2D eigenvalue weighted by atomic mass is 9.89. The minimum atomic E-state index is -0.815. The molecule has 0 amide bonds. The fraction of sp³-hybridized carbons (Fsp3) is 0.533. The second kappa shape index (κ2) is 10.4. The number of hydrogen-bond acceptors (Lipinski definition) is 7. The molecule has 1 aliphatic heterocycles. The monoisotopic (exact) mass is 508 g/mol. The van der Waals surface area contributed by atoms with E-state index in [0.717, 1.165) is 17.9 Å². The Balaban J connectivity index is 1.47. The van der Waals surface area contributed by atoms with Crippen molar-refractivity contribution in [1.29, 1.82) is 0 Å². The first-order valence-corrected chi connectivity index (χ1v) is 13.3. The van der Waals surface area contributed by atoms with Crippen LogP contribution >= 0.6 is 0 Å². The number of fused-ring (bicyclic) bond motifs is 4. The van der Waals surface area contributed by atoms with E-state index < -0.39 is 18.0 Å². The number of ether oxygens (including phenoxy) is 4. The van der Waals surface area contributed by atoms with Gasteiger partial charge in [-0.25, -0.2) is 9.59 Å². The number of aliphatic hydroxyl groups is 1. The Kier molecular flexibility index (Phi) is 7.17. The molecule has 2 saturated carbocycles. The third-order valence-corrected chi connectivity index (χ3v) is 8.03. The quantitative estimate of drug-likeness (QED) is 0.449. The van der Waals surface area contributed by atoms with Gasteiger partial charge < -0.3 is 24.1 Å². The van der Waals surface area contributed by atoms with E-state index in [9.17, 15) is 14.7 Å². The Morgan fingerprint density at radius 2 is 2.00 bits per heavy atom. The molecule has 4 unspecified atom stereocenters. The van der Waals surface area contributed by atoms with Crippen LogP contribution in [-0.2, 0) is 16.1 Å². The van der Waals surface area contributed by atoms with E-state index in [0.29, 0.717) is 47.3 Å². The summed E-state index contributed by atoms with van der Waals surface area (Å²) in [5.74, 6) is 1.79. The number of hydrogen-bond donors (Lipinski definition) is 1. The zero-order chi connectivity index (χ0) is 26.3. The first-order valence-electron chi connectivity index (χ1n) is 13.3. The van der Waals surface area contributed by atoms with Crippen LogP contribution in [-0.4, -0.2) is 30.8 Å². The van der Waals surface area contributed by atoms with Crippen LogP contribution in [0, 0.1) is 30.6 Å². The van der Waals surface area contributed by atoms with Gasteiger partial charge in [0.25, 0.3) is 0 Å². The number of methoxy groups -OCH3 is 1. The number of aliphatic hydroxyl groups excluding tert-OH is 1. The lowest BCUT2D eigenvalue weighted by Gasteiger charge is -2.25. The van der Waals surface area contributed by atoms with Gasteiger partial charge in [-0.05, 0) is 86.1 Å². The summed E-state index contributed by atoms with van der Waals surface area (Å²) in [6.45, 7) is 6.25. The minimum Gasteiger partial charge on any atom is -0.495 e. The van der Waals surface area contributed by atoms with Crippen LogP contribution in [0.15, 0.2) is 24.3 Å². The molecule has 1 heterocycles. The third-order valence-electron chi connectivity index (χ3n) is 8.03. The summed E-state index contributed by atoms with van der Waals surface area (Å²) in [6.07, 6.45) is 4.60. The summed E-state index contributed by atoms with van der Waals surface area (Å²) < 4.78 is 23.3. The molecule has 198 valence electrons. The van der Waals surface area contributed by atoms with E-state index in [1.54, 1.807) is 18.2 Å². The lowest BCUT2D eigenvalue weighted by molar-refractivity contribution is 0.0390. The zero-order valence-corrected chi connectivity index (χ0v) is 22.0. The van der Waals surface area contributed by atoms with Crippen molar-refractivity contribution in [2.24, 2.45) is 23.7 Å². The molecular weight excluding hydrogens is 472 g/mol. The molecule has 2 aromatic rings. The Morgan fingerprint density at radius 1 is 1.19 bits per heavy atom. The average molecular weight is 509 g/mol. The highest BCUT2D eigenvalue weighted by Gasteiger charge is 2.40. The van der Waals surface area contributed by atoms with Crippen molar-refractivity contribution in [3.8, 4) is 17.2 Å². The Labute approximate surface area is 218 Å². The highest BCUT2D eigenvalue weighted by molar-refractivity contribution is 5.98. The summed E-state index contributed by atoms with van der Waals surface area (Å²) in [4.78, 5) is 26.4. The van der Waals surface area contributed by atoms with Gasteiger partial charge in [-0.2, -0.15) is 0 Å². The first-order chi connectivity index (χ1) is 17.7. The Hall–Kier alpha value is -3.06. The predicted molar refractivity (Wildman–Crippen MR) is 137 cm³/mol. The van der Waals surface area contributed by atoms with E-state index in [1.165, 1.54) is 26.4 Å². The number of esters is 2. The van der Waals surface area contributed by atoms with Crippen molar-refractivity contribution in [3.05, 3.63) is 52.1 Å². The molecule has 2 fully saturated rings. The van der Waals surface area contributed by atoms with Gasteiger partial charge in [0.2, 0.25) is 0 Å². The molecule has 2 aliphatic carbocycles. The van der Waals surface area contributed by atoms with Gasteiger partial charge in [-0.3, -0.25) is 0 Å². The summed E-state index contributed by atoms with van der Waals surface area (Å²) >= 11 is 0. The number of carbonyl (C=O) groups is 2. The molecule has 7 nitrogen and oxygen atoms in total. The van der Waals surface area contributed by atoms with Crippen molar-refractivity contribution in [3.63, 3.8) is 0 Å². The smallest absolute Gasteiger partial charge is 0.346 e. The fourth-order valence-corrected chi connectivity index (χ4v) is 6.31. The second-order valence-electron chi connectivity index (χ2n) is 11.2. The van der Waals surface area contributed by atoms with Gasteiger partial charge in [0.05, 0.1) is 19.8 Å². The molecule has 0 aromatic heterocycles. The third kappa shape index (κ3) is 5.06. The normalized spacial score (nSPS) is 22.9. The highest BCUT2D eigenvalue weighted by atomic mass is 16.6. The summed E-state index contributed by atoms with van der Waals surface area (Å²) in [5, 5.41) is 10.8. The summed E-state index contributed by atoms with van der Waals surface area (Å²) in [6, 6.07) is 6.92. The van der Waals surface area contributed by atoms with Crippen molar-refractivity contribution < 1.29 is 33.6 Å². The summed E-state index contributed by atoms with van der Waals surface area (Å²) in [5.41, 5.74) is 2.33. The second-order valence-corrected chi connectivity index (χ2v) is 11.2. The molecule has 0 radical (unpaired) electrons. The molecule has 2 bridgehead atoms. The van der Waals surface area contributed by atoms with Crippen LogP contribution < -0.4 is 9.47 Å². The van der Waals surface area contributed by atoms with Gasteiger partial charge in [0.1, 0.15) is 35.0 Å². The van der Waals surface area contributed by atoms with Gasteiger partial charge in [0.15, 0.2) is 0 Å². The molecule has 1 N–H and O–H groups in total. The maximum atomic E-state index is 13.3. The maximum absolute atomic E-state index is 13.3. The van der Waals surface area contributed by atoms with Crippen molar-refractivity contribution in [1.82, 2.24) is 0 Å². The van der Waals surface area contributed by atoms with Crippen molar-refractivity contribution >= 4 is 11.9 Å². The van der Waals surface area contributed by atoms with Crippen LogP contribution in [0.25, 0.3) is 0 Å². The maximum Gasteiger partial charge on any atom is 0.346 e. The van der Waals surface area contributed by atoms with Crippen LogP contribution in [0.5, 0.6) is 17.2 Å². The predicted octanol–water partition coefficient (Wildman–Crippen LogP) is 6.14. The molecule has 7 heteroatoms. The van der Waals surface area contributed by atoms with Gasteiger partial charge >= 0.3 is 11.9 Å². The topological polar surface area (TPSA) is 91.3 Å². The number of cyclic esters (lactones) is 1. The van der Waals surface area contributed by atoms with E-state index >= 15 is 0 Å². The summed E-state index contributed by atoms with van der Waals surface area (Å²) in [7, 11) is 1.45. The van der Waals surface area contributed by atoms with Gasteiger partial charge in [0, 0.05) is 11.1 Å². The van der Waals surface area contributed by atoms with E-state index in [4.69, 9.17) is 18.9 Å². The van der Waals surface area contributed by atoms with Gasteiger partial charge in [-0.15, -0.1) is 0 Å². The van der Waals surface area contributed by atoms with Crippen LogP contribution in [0.1, 0.15) is 89.5 Å². The fourth-order valence-electron chi connectivity index (χ4n) is 6.31. The molecule has 37 heavy (non-hydrogen) atoms. The van der Waals surface area contributed by atoms with E-state index in [-0.39, 0.29) is 29.6 Å². The average Bonchev–Trinajstić information content (AvgIpc) is 3.48. The number of rotatable bonds is 7. The molecule has 3 aliphatic rings. The van der Waals surface area contributed by atoms with Crippen LogP contribution in [0.2, 0.25) is 0 Å². The standard InChI is InChI=1S/C30H36O7/c1-16(2)9-24(31)22-7-8-25-26(28(22)34-4)30(33)36-15-21-10-17(3)11-23(27(21)37-25)29(32)35-14-20-13-18-5-6-19(20)12-18/h7-8,10-11,16,18-20,24,31H,5-6,9,12-15H2,1-4H3. The molecule has 5 rings (SSSR count). The molecule has 0 saturated heterocycles. The van der Waals surface area contributed by atoms with E-state index in [1.807, 2.05) is 26.8 Å². The van der Waals surface area contributed by atoms with Crippen molar-refractivity contribution in [2.75, 3.05) is 13.7 Å². The highest BCUT2D eigenvalue weighted by Crippen LogP contribution is 2.48. The first kappa shape index (κ1) is 25.6. The number of benzene rings is 2. The Bertz CT molecular complexity index is 1200. The van der Waals surface area contributed by atoms with Gasteiger partial charge in [-0.1, -0.05) is 20.3 Å². The zero-order valence-electron chi connectivity index (χ0n) is 22.0. The lowest BCUT2D eigenvalue weighted by Crippen LogP contribution is -2.20. The van der Waals surface area contributed by atoms with Crippen LogP contribution in [0.4, 0.5) is 0 Å². The largest absolute Gasteiger partial charge is 0.495 e. The Morgan fingerprint density at radius 3 is 2.68 bits per heavy atom. The SMILES string of the molecule is COc1c(C(O)CC(C)C)ccc2c1C(=O)OCc1cc(C)cc(C(=O)OCC3CC4CCC3C4)c1O2. The van der Waals surface area contributed by atoms with Crippen LogP contribution in [0.3, 0.4) is 0 Å². The molecule has 4 atom stereocenters. The molecule has 0 spiro atoms.